The number of imidazole rings is 1. The molecule has 3 aromatic heterocycles. The molecule has 0 bridgehead atoms. The van der Waals surface area contributed by atoms with Crippen molar-refractivity contribution in [3.8, 4) is 0 Å². The number of aromatic nitrogens is 3. The summed E-state index contributed by atoms with van der Waals surface area (Å²) < 4.78 is 1.78. The molecule has 0 spiro atoms. The third-order valence-electron chi connectivity index (χ3n) is 2.55. The number of fused-ring (bicyclic) bond motifs is 1. The molecular formula is C12H10N4OS. The maximum atomic E-state index is 12.0. The number of carbonyl (C=O) groups is 1. The third-order valence-corrected chi connectivity index (χ3v) is 3.40. The normalized spacial score (nSPS) is 10.7. The Balaban J connectivity index is 1.74. The predicted octanol–water partition coefficient (Wildman–Crippen LogP) is 1.72. The Morgan fingerprint density at radius 2 is 2.39 bits per heavy atom. The second-order valence-corrected chi connectivity index (χ2v) is 4.58. The number of pyridine rings is 1. The van der Waals surface area contributed by atoms with Crippen LogP contribution in [-0.4, -0.2) is 20.3 Å². The van der Waals surface area contributed by atoms with E-state index in [1.165, 1.54) is 11.3 Å². The zero-order chi connectivity index (χ0) is 12.4. The van der Waals surface area contributed by atoms with Crippen molar-refractivity contribution in [2.24, 2.45) is 0 Å². The van der Waals surface area contributed by atoms with Crippen molar-refractivity contribution >= 4 is 22.2 Å². The highest BCUT2D eigenvalue weighted by atomic mass is 32.1. The van der Waals surface area contributed by atoms with Gasteiger partial charge in [0.25, 0.3) is 5.91 Å². The van der Waals surface area contributed by atoms with Crippen LogP contribution in [0, 0.1) is 0 Å². The number of nitrogens with zero attached hydrogens (tertiary/aromatic N) is 3. The lowest BCUT2D eigenvalue weighted by Gasteiger charge is -2.03. The van der Waals surface area contributed by atoms with Gasteiger partial charge in [-0.3, -0.25) is 14.2 Å². The molecule has 3 rings (SSSR count). The topological polar surface area (TPSA) is 59.3 Å². The smallest absolute Gasteiger partial charge is 0.269 e. The molecule has 5 nitrogen and oxygen atoms in total. The molecule has 90 valence electrons. The van der Waals surface area contributed by atoms with E-state index in [1.54, 1.807) is 34.6 Å². The van der Waals surface area contributed by atoms with Gasteiger partial charge in [0.1, 0.15) is 5.69 Å². The molecule has 1 N–H and O–H groups in total. The number of rotatable bonds is 3. The van der Waals surface area contributed by atoms with Crippen molar-refractivity contribution in [2.75, 3.05) is 0 Å². The van der Waals surface area contributed by atoms with Crippen LogP contribution in [0.5, 0.6) is 0 Å². The Morgan fingerprint density at radius 1 is 1.44 bits per heavy atom. The molecular weight excluding hydrogens is 248 g/mol. The van der Waals surface area contributed by atoms with Crippen LogP contribution in [-0.2, 0) is 6.54 Å². The molecule has 3 heterocycles. The number of thiazole rings is 1. The number of nitrogens with one attached hydrogen (secondary N) is 1. The molecule has 18 heavy (non-hydrogen) atoms. The van der Waals surface area contributed by atoms with Gasteiger partial charge in [-0.25, -0.2) is 4.98 Å². The van der Waals surface area contributed by atoms with Crippen LogP contribution in [0.3, 0.4) is 0 Å². The van der Waals surface area contributed by atoms with Gasteiger partial charge in [0.2, 0.25) is 0 Å². The summed E-state index contributed by atoms with van der Waals surface area (Å²) in [5.41, 5.74) is 1.58. The van der Waals surface area contributed by atoms with Gasteiger partial charge < -0.3 is 5.32 Å². The summed E-state index contributed by atoms with van der Waals surface area (Å²) in [5, 5.41) is 4.67. The van der Waals surface area contributed by atoms with Crippen molar-refractivity contribution in [3.63, 3.8) is 0 Å². The van der Waals surface area contributed by atoms with E-state index in [4.69, 9.17) is 0 Å². The van der Waals surface area contributed by atoms with Crippen molar-refractivity contribution in [1.29, 1.82) is 0 Å². The molecule has 0 saturated heterocycles. The highest BCUT2D eigenvalue weighted by Crippen LogP contribution is 2.14. The molecule has 0 unspecified atom stereocenters. The fourth-order valence-corrected chi connectivity index (χ4v) is 2.50. The Morgan fingerprint density at radius 3 is 3.22 bits per heavy atom. The molecule has 0 aliphatic rings. The second kappa shape index (κ2) is 4.58. The van der Waals surface area contributed by atoms with E-state index >= 15 is 0 Å². The van der Waals surface area contributed by atoms with Gasteiger partial charge in [-0.1, -0.05) is 6.07 Å². The largest absolute Gasteiger partial charge is 0.347 e. The summed E-state index contributed by atoms with van der Waals surface area (Å²) >= 11 is 1.45. The van der Waals surface area contributed by atoms with E-state index in [0.29, 0.717) is 12.2 Å². The van der Waals surface area contributed by atoms with Crippen LogP contribution in [0.4, 0.5) is 0 Å². The van der Waals surface area contributed by atoms with Crippen LogP contribution in [0.25, 0.3) is 4.96 Å². The average Bonchev–Trinajstić information content (AvgIpc) is 2.99. The lowest BCUT2D eigenvalue weighted by molar-refractivity contribution is 0.0945. The van der Waals surface area contributed by atoms with E-state index in [-0.39, 0.29) is 5.91 Å². The molecule has 0 aromatic carbocycles. The molecule has 1 amide bonds. The summed E-state index contributed by atoms with van der Waals surface area (Å²) in [6.07, 6.45) is 6.91. The van der Waals surface area contributed by atoms with Gasteiger partial charge in [0.15, 0.2) is 4.96 Å². The minimum atomic E-state index is -0.108. The van der Waals surface area contributed by atoms with Crippen LogP contribution >= 0.6 is 11.3 Å². The lowest BCUT2D eigenvalue weighted by atomic mass is 10.3. The molecule has 0 atom stereocenters. The van der Waals surface area contributed by atoms with Crippen LogP contribution in [0.2, 0.25) is 0 Å². The van der Waals surface area contributed by atoms with Crippen molar-refractivity contribution < 1.29 is 4.79 Å². The van der Waals surface area contributed by atoms with Crippen LogP contribution in [0.15, 0.2) is 42.3 Å². The van der Waals surface area contributed by atoms with Gasteiger partial charge in [-0.05, 0) is 11.6 Å². The molecule has 0 radical (unpaired) electrons. The second-order valence-electron chi connectivity index (χ2n) is 3.74. The predicted molar refractivity (Wildman–Crippen MR) is 68.5 cm³/mol. The summed E-state index contributed by atoms with van der Waals surface area (Å²) in [7, 11) is 0. The van der Waals surface area contributed by atoms with Crippen LogP contribution < -0.4 is 5.32 Å². The molecule has 0 saturated carbocycles. The first kappa shape index (κ1) is 10.9. The van der Waals surface area contributed by atoms with E-state index in [2.05, 4.69) is 15.3 Å². The number of hydrogen-bond donors (Lipinski definition) is 1. The summed E-state index contributed by atoms with van der Waals surface area (Å²) in [5.74, 6) is -0.108. The van der Waals surface area contributed by atoms with E-state index in [0.717, 1.165) is 10.5 Å². The minimum Gasteiger partial charge on any atom is -0.347 e. The third kappa shape index (κ3) is 1.98. The fraction of sp³-hybridized carbons (Fsp3) is 0.0833. The average molecular weight is 258 g/mol. The van der Waals surface area contributed by atoms with Gasteiger partial charge in [-0.2, -0.15) is 0 Å². The fourth-order valence-electron chi connectivity index (χ4n) is 1.66. The summed E-state index contributed by atoms with van der Waals surface area (Å²) in [6.45, 7) is 0.471. The van der Waals surface area contributed by atoms with Crippen molar-refractivity contribution in [2.45, 2.75) is 6.54 Å². The summed E-state index contributed by atoms with van der Waals surface area (Å²) in [6, 6.07) is 3.77. The highest BCUT2D eigenvalue weighted by Gasteiger charge is 2.11. The number of carbonyl (C=O) groups excluding carboxylic acids is 1. The molecule has 0 fully saturated rings. The molecule has 0 aliphatic heterocycles. The zero-order valence-electron chi connectivity index (χ0n) is 9.41. The number of amides is 1. The van der Waals surface area contributed by atoms with Gasteiger partial charge in [0, 0.05) is 36.7 Å². The Bertz CT molecular complexity index is 674. The molecule has 0 aliphatic carbocycles. The minimum absolute atomic E-state index is 0.108. The first-order valence-corrected chi connectivity index (χ1v) is 6.30. The van der Waals surface area contributed by atoms with E-state index in [1.807, 2.05) is 12.1 Å². The molecule has 6 heteroatoms. The Kier molecular flexibility index (Phi) is 2.77. The lowest BCUT2D eigenvalue weighted by Crippen LogP contribution is -2.23. The van der Waals surface area contributed by atoms with Crippen molar-refractivity contribution in [3.05, 3.63) is 53.6 Å². The zero-order valence-corrected chi connectivity index (χ0v) is 10.2. The van der Waals surface area contributed by atoms with Gasteiger partial charge in [-0.15, -0.1) is 11.3 Å². The maximum absolute atomic E-state index is 12.0. The monoisotopic (exact) mass is 258 g/mol. The maximum Gasteiger partial charge on any atom is 0.269 e. The SMILES string of the molecule is O=C(NCc1cccnc1)c1csc2nccn12. The summed E-state index contributed by atoms with van der Waals surface area (Å²) in [4.78, 5) is 21.0. The van der Waals surface area contributed by atoms with Gasteiger partial charge in [0.05, 0.1) is 0 Å². The van der Waals surface area contributed by atoms with Crippen LogP contribution in [0.1, 0.15) is 16.1 Å². The van der Waals surface area contributed by atoms with E-state index in [9.17, 15) is 4.79 Å². The Hall–Kier alpha value is -2.21. The highest BCUT2D eigenvalue weighted by molar-refractivity contribution is 7.15. The first-order valence-electron chi connectivity index (χ1n) is 5.42. The van der Waals surface area contributed by atoms with Gasteiger partial charge >= 0.3 is 0 Å². The van der Waals surface area contributed by atoms with Crippen molar-refractivity contribution in [1.82, 2.24) is 19.7 Å². The van der Waals surface area contributed by atoms with E-state index < -0.39 is 0 Å². The quantitative estimate of drug-likeness (QED) is 0.778. The Labute approximate surface area is 107 Å². The first-order chi connectivity index (χ1) is 8.84. The number of hydrogen-bond acceptors (Lipinski definition) is 4. The standard InChI is InChI=1S/C12H10N4OS/c17-11(15-7-9-2-1-3-13-6-9)10-8-18-12-14-4-5-16(10)12/h1-6,8H,7H2,(H,15,17). The molecule has 3 aromatic rings.